The third-order valence-corrected chi connectivity index (χ3v) is 9.12. The van der Waals surface area contributed by atoms with Crippen molar-refractivity contribution in [3.8, 4) is 0 Å². The van der Waals surface area contributed by atoms with Gasteiger partial charge in [-0.2, -0.15) is 0 Å². The molecule has 0 unspecified atom stereocenters. The maximum absolute atomic E-state index is 12.6. The molecule has 0 aliphatic carbocycles. The number of hydrogen-bond acceptors (Lipinski definition) is 3. The van der Waals surface area contributed by atoms with E-state index in [1.807, 2.05) is 48.6 Å². The third kappa shape index (κ3) is 4.56. The van der Waals surface area contributed by atoms with E-state index < -0.39 is 15.7 Å². The van der Waals surface area contributed by atoms with Gasteiger partial charge in [-0.05, 0) is 5.56 Å². The summed E-state index contributed by atoms with van der Waals surface area (Å²) in [5.41, 5.74) is 1.10. The molecule has 0 atom stereocenters. The zero-order valence-corrected chi connectivity index (χ0v) is 14.7. The summed E-state index contributed by atoms with van der Waals surface area (Å²) in [6.07, 6.45) is 5.77. The van der Waals surface area contributed by atoms with Gasteiger partial charge in [-0.15, -0.1) is 0 Å². The highest BCUT2D eigenvalue weighted by Crippen LogP contribution is 2.57. The standard InChI is InChI=1S/C15H23O3PSi/c1-17-19(16,18-2)15(20(3,4)5)13-9-12-14-10-7-6-8-11-14/h6-13H,1-5H3/b12-9+,15-13-. The molecule has 110 valence electrons. The van der Waals surface area contributed by atoms with Crippen molar-refractivity contribution in [1.82, 2.24) is 0 Å². The predicted octanol–water partition coefficient (Wildman–Crippen LogP) is 4.95. The second-order valence-corrected chi connectivity index (χ2v) is 13.1. The molecule has 0 spiro atoms. The van der Waals surface area contributed by atoms with Crippen LogP contribution >= 0.6 is 7.60 Å². The van der Waals surface area contributed by atoms with Crippen molar-refractivity contribution in [2.24, 2.45) is 0 Å². The number of benzene rings is 1. The summed E-state index contributed by atoms with van der Waals surface area (Å²) in [6.45, 7) is 6.37. The van der Waals surface area contributed by atoms with Crippen LogP contribution in [0.25, 0.3) is 6.08 Å². The first-order valence-corrected chi connectivity index (χ1v) is 11.5. The fraction of sp³-hybridized carbons (Fsp3) is 0.333. The molecule has 3 nitrogen and oxygen atoms in total. The van der Waals surface area contributed by atoms with Gasteiger partial charge in [0.05, 0.1) is 8.07 Å². The van der Waals surface area contributed by atoms with E-state index in [-0.39, 0.29) is 0 Å². The molecule has 1 rings (SSSR count). The second-order valence-electron chi connectivity index (χ2n) is 5.43. The highest BCUT2D eigenvalue weighted by Gasteiger charge is 2.36. The van der Waals surface area contributed by atoms with Crippen LogP contribution in [0.4, 0.5) is 0 Å². The fourth-order valence-corrected chi connectivity index (χ4v) is 7.08. The zero-order valence-electron chi connectivity index (χ0n) is 12.8. The van der Waals surface area contributed by atoms with Crippen LogP contribution in [0.2, 0.25) is 19.6 Å². The maximum Gasteiger partial charge on any atom is 0.352 e. The van der Waals surface area contributed by atoms with Crippen molar-refractivity contribution in [3.05, 3.63) is 53.0 Å². The van der Waals surface area contributed by atoms with E-state index >= 15 is 0 Å². The Morgan fingerprint density at radius 3 is 2.10 bits per heavy atom. The Labute approximate surface area is 122 Å². The van der Waals surface area contributed by atoms with E-state index in [0.29, 0.717) is 0 Å². The molecule has 0 saturated carbocycles. The molecule has 0 saturated heterocycles. The molecule has 1 aromatic carbocycles. The molecule has 0 fully saturated rings. The lowest BCUT2D eigenvalue weighted by Gasteiger charge is -2.26. The minimum Gasteiger partial charge on any atom is -0.309 e. The number of hydrogen-bond donors (Lipinski definition) is 0. The Kier molecular flexibility index (Phi) is 6.15. The van der Waals surface area contributed by atoms with Crippen LogP contribution in [0.3, 0.4) is 0 Å². The van der Waals surface area contributed by atoms with Crippen LogP contribution < -0.4 is 0 Å². The maximum atomic E-state index is 12.6. The molecule has 0 radical (unpaired) electrons. The Hall–Kier alpha value is -0.933. The van der Waals surface area contributed by atoms with Gasteiger partial charge in [0.25, 0.3) is 0 Å². The summed E-state index contributed by atoms with van der Waals surface area (Å²) in [6, 6.07) is 9.98. The van der Waals surface area contributed by atoms with Gasteiger partial charge < -0.3 is 9.05 Å². The molecule has 0 amide bonds. The molecule has 1 aromatic rings. The van der Waals surface area contributed by atoms with Crippen LogP contribution in [-0.4, -0.2) is 22.3 Å². The molecule has 0 aliphatic rings. The summed E-state index contributed by atoms with van der Waals surface area (Å²) in [4.78, 5) is 0.794. The highest BCUT2D eigenvalue weighted by molar-refractivity contribution is 7.62. The van der Waals surface area contributed by atoms with Crippen molar-refractivity contribution in [2.45, 2.75) is 19.6 Å². The van der Waals surface area contributed by atoms with E-state index in [2.05, 4.69) is 19.6 Å². The minimum absolute atomic E-state index is 0.794. The quantitative estimate of drug-likeness (QED) is 0.424. The first-order chi connectivity index (χ1) is 9.33. The predicted molar refractivity (Wildman–Crippen MR) is 88.5 cm³/mol. The van der Waals surface area contributed by atoms with Crippen molar-refractivity contribution in [2.75, 3.05) is 14.2 Å². The summed E-state index contributed by atoms with van der Waals surface area (Å²) in [5, 5.41) is 0. The van der Waals surface area contributed by atoms with Gasteiger partial charge in [0.15, 0.2) is 0 Å². The first kappa shape index (κ1) is 17.1. The molecule has 0 bridgehead atoms. The van der Waals surface area contributed by atoms with Crippen LogP contribution in [0.1, 0.15) is 5.56 Å². The smallest absolute Gasteiger partial charge is 0.309 e. The Balaban J connectivity index is 3.10. The van der Waals surface area contributed by atoms with E-state index in [1.165, 1.54) is 14.2 Å². The number of allylic oxidation sites excluding steroid dienone is 2. The first-order valence-electron chi connectivity index (χ1n) is 6.49. The molecule has 0 aromatic heterocycles. The molecule has 5 heteroatoms. The van der Waals surface area contributed by atoms with Gasteiger partial charge in [-0.1, -0.05) is 68.2 Å². The third-order valence-electron chi connectivity index (χ3n) is 2.89. The number of rotatable bonds is 6. The average Bonchev–Trinajstić information content (AvgIpc) is 2.42. The van der Waals surface area contributed by atoms with Crippen molar-refractivity contribution < 1.29 is 13.6 Å². The summed E-state index contributed by atoms with van der Waals surface area (Å²) in [7, 11) is -2.11. The van der Waals surface area contributed by atoms with Crippen LogP contribution in [0, 0.1) is 0 Å². The molecular formula is C15H23O3PSi. The van der Waals surface area contributed by atoms with Crippen LogP contribution in [-0.2, 0) is 13.6 Å². The van der Waals surface area contributed by atoms with Gasteiger partial charge in [-0.25, -0.2) is 0 Å². The zero-order chi connectivity index (χ0) is 15.2. The summed E-state index contributed by atoms with van der Waals surface area (Å²) in [5.74, 6) is 0. The summed E-state index contributed by atoms with van der Waals surface area (Å²) >= 11 is 0. The fourth-order valence-electron chi connectivity index (χ4n) is 1.84. The average molecular weight is 310 g/mol. The molecule has 0 heterocycles. The lowest BCUT2D eigenvalue weighted by Crippen LogP contribution is -2.24. The molecule has 0 aliphatic heterocycles. The van der Waals surface area contributed by atoms with E-state index in [1.54, 1.807) is 0 Å². The monoisotopic (exact) mass is 310 g/mol. The van der Waals surface area contributed by atoms with Gasteiger partial charge in [0.1, 0.15) is 0 Å². The van der Waals surface area contributed by atoms with Gasteiger partial charge in [0.2, 0.25) is 0 Å². The van der Waals surface area contributed by atoms with Crippen molar-refractivity contribution in [3.63, 3.8) is 0 Å². The van der Waals surface area contributed by atoms with Gasteiger partial charge in [-0.3, -0.25) is 4.57 Å². The second kappa shape index (κ2) is 7.18. The molecule has 20 heavy (non-hydrogen) atoms. The molecular weight excluding hydrogens is 287 g/mol. The lowest BCUT2D eigenvalue weighted by atomic mass is 10.2. The Bertz CT molecular complexity index is 522. The molecule has 0 N–H and O–H groups in total. The SMILES string of the molecule is COP(=O)(OC)/C(=C/C=C/c1ccccc1)[Si](C)(C)C. The van der Waals surface area contributed by atoms with E-state index in [0.717, 1.165) is 10.5 Å². The Morgan fingerprint density at radius 1 is 1.10 bits per heavy atom. The topological polar surface area (TPSA) is 35.5 Å². The van der Waals surface area contributed by atoms with Gasteiger partial charge in [0, 0.05) is 19.2 Å². The van der Waals surface area contributed by atoms with Crippen molar-refractivity contribution in [1.29, 1.82) is 0 Å². The highest BCUT2D eigenvalue weighted by atomic mass is 31.2. The van der Waals surface area contributed by atoms with Gasteiger partial charge >= 0.3 is 7.60 Å². The minimum atomic E-state index is -3.16. The van der Waals surface area contributed by atoms with Crippen LogP contribution in [0.15, 0.2) is 47.4 Å². The van der Waals surface area contributed by atoms with Crippen molar-refractivity contribution >= 4 is 21.7 Å². The van der Waals surface area contributed by atoms with Crippen LogP contribution in [0.5, 0.6) is 0 Å². The normalized spacial score (nSPS) is 13.9. The van der Waals surface area contributed by atoms with E-state index in [4.69, 9.17) is 9.05 Å². The Morgan fingerprint density at radius 2 is 1.65 bits per heavy atom. The lowest BCUT2D eigenvalue weighted by molar-refractivity contribution is 0.285. The largest absolute Gasteiger partial charge is 0.352 e. The summed E-state index contributed by atoms with van der Waals surface area (Å²) < 4.78 is 22.9. The van der Waals surface area contributed by atoms with E-state index in [9.17, 15) is 4.57 Å².